The molecule has 1 aromatic carbocycles. The number of hydrogen-bond donors (Lipinski definition) is 1. The average Bonchev–Trinajstić information content (AvgIpc) is 2.51. The van der Waals surface area contributed by atoms with Gasteiger partial charge in [0, 0.05) is 24.2 Å². The largest absolute Gasteiger partial charge is 0.516 e. The van der Waals surface area contributed by atoms with Crippen molar-refractivity contribution in [2.24, 2.45) is 0 Å². The van der Waals surface area contributed by atoms with Crippen LogP contribution in [0.1, 0.15) is 31.9 Å². The highest BCUT2D eigenvalue weighted by Gasteiger charge is 2.47. The Bertz CT molecular complexity index is 712. The highest BCUT2D eigenvalue weighted by molar-refractivity contribution is 7.93. The molecule has 0 aliphatic carbocycles. The molecule has 0 saturated heterocycles. The van der Waals surface area contributed by atoms with Gasteiger partial charge < -0.3 is 4.90 Å². The van der Waals surface area contributed by atoms with Gasteiger partial charge in [0.1, 0.15) is 0 Å². The fourth-order valence-corrected chi connectivity index (χ4v) is 3.36. The molecular weight excluding hydrogens is 317 g/mol. The smallest absolute Gasteiger partial charge is 0.371 e. The summed E-state index contributed by atoms with van der Waals surface area (Å²) in [7, 11) is -3.58. The van der Waals surface area contributed by atoms with Gasteiger partial charge in [-0.25, -0.2) is 0 Å². The summed E-state index contributed by atoms with van der Waals surface area (Å²) in [6.07, 6.45) is 0. The van der Waals surface area contributed by atoms with Gasteiger partial charge in [0.25, 0.3) is 0 Å². The predicted octanol–water partition coefficient (Wildman–Crippen LogP) is 3.37. The van der Waals surface area contributed by atoms with Crippen LogP contribution in [0.15, 0.2) is 12.1 Å². The number of fused-ring (bicyclic) bond motifs is 1. The van der Waals surface area contributed by atoms with E-state index in [2.05, 4.69) is 13.8 Å². The second kappa shape index (κ2) is 4.78. The molecule has 1 aromatic rings. The number of sulfonamides is 1. The van der Waals surface area contributed by atoms with Crippen molar-refractivity contribution in [2.75, 3.05) is 16.7 Å². The number of rotatable bonds is 2. The van der Waals surface area contributed by atoms with Crippen molar-refractivity contribution in [2.45, 2.75) is 44.7 Å². The molecule has 22 heavy (non-hydrogen) atoms. The summed E-state index contributed by atoms with van der Waals surface area (Å²) in [6.45, 7) is 7.72. The lowest BCUT2D eigenvalue weighted by molar-refractivity contribution is -0.0429. The molecule has 0 aromatic heterocycles. The maximum Gasteiger partial charge on any atom is 0.516 e. The fraction of sp³-hybridized carbons (Fsp3) is 0.571. The van der Waals surface area contributed by atoms with Crippen molar-refractivity contribution in [3.05, 3.63) is 23.3 Å². The van der Waals surface area contributed by atoms with E-state index in [1.54, 1.807) is 17.7 Å². The number of nitrogens with one attached hydrogen (secondary N) is 1. The Morgan fingerprint density at radius 1 is 1.27 bits per heavy atom. The van der Waals surface area contributed by atoms with E-state index >= 15 is 0 Å². The lowest BCUT2D eigenvalue weighted by Gasteiger charge is -2.28. The van der Waals surface area contributed by atoms with Crippen LogP contribution in [0.3, 0.4) is 0 Å². The normalized spacial score (nSPS) is 20.9. The first-order valence-electron chi connectivity index (χ1n) is 6.76. The van der Waals surface area contributed by atoms with E-state index in [1.165, 1.54) is 6.07 Å². The third kappa shape index (κ3) is 2.43. The first kappa shape index (κ1) is 16.9. The number of anilines is 2. The fourth-order valence-electron chi connectivity index (χ4n) is 2.73. The quantitative estimate of drug-likeness (QED) is 0.901. The van der Waals surface area contributed by atoms with Gasteiger partial charge in [-0.2, -0.15) is 21.6 Å². The van der Waals surface area contributed by atoms with E-state index in [9.17, 15) is 21.6 Å². The Hall–Kier alpha value is -1.44. The number of hydrogen-bond acceptors (Lipinski definition) is 3. The van der Waals surface area contributed by atoms with Crippen LogP contribution in [0.4, 0.5) is 24.5 Å². The summed E-state index contributed by atoms with van der Waals surface area (Å²) in [6, 6.07) is 3.37. The highest BCUT2D eigenvalue weighted by Crippen LogP contribution is 2.46. The molecule has 0 bridgehead atoms. The van der Waals surface area contributed by atoms with Gasteiger partial charge in [0.15, 0.2) is 0 Å². The maximum atomic E-state index is 12.5. The number of likely N-dealkylation sites (N-methyl/N-ethyl adjacent to an activating group) is 1. The average molecular weight is 336 g/mol. The molecule has 1 heterocycles. The van der Waals surface area contributed by atoms with Crippen molar-refractivity contribution in [3.63, 3.8) is 0 Å². The zero-order valence-electron chi connectivity index (χ0n) is 13.0. The summed E-state index contributed by atoms with van der Waals surface area (Å²) in [5.74, 6) is 0. The van der Waals surface area contributed by atoms with Crippen LogP contribution in [-0.4, -0.2) is 27.0 Å². The first-order valence-corrected chi connectivity index (χ1v) is 8.24. The molecule has 0 radical (unpaired) electrons. The zero-order valence-corrected chi connectivity index (χ0v) is 13.9. The van der Waals surface area contributed by atoms with Crippen LogP contribution in [0.5, 0.6) is 0 Å². The lowest BCUT2D eigenvalue weighted by Crippen LogP contribution is -2.36. The monoisotopic (exact) mass is 336 g/mol. The minimum Gasteiger partial charge on any atom is -0.371 e. The minimum absolute atomic E-state index is 0.0483. The predicted molar refractivity (Wildman–Crippen MR) is 80.7 cm³/mol. The SMILES string of the molecule is Cc1cc2c(cc1NS(=O)(=O)C(F)(F)F)N(C)C(C)C2(C)C. The summed E-state index contributed by atoms with van der Waals surface area (Å²) in [4.78, 5) is 1.94. The van der Waals surface area contributed by atoms with Crippen molar-refractivity contribution in [3.8, 4) is 0 Å². The van der Waals surface area contributed by atoms with Gasteiger partial charge >= 0.3 is 15.5 Å². The van der Waals surface area contributed by atoms with E-state index in [0.29, 0.717) is 5.56 Å². The van der Waals surface area contributed by atoms with Crippen LogP contribution in [0.25, 0.3) is 0 Å². The van der Waals surface area contributed by atoms with Crippen molar-refractivity contribution < 1.29 is 21.6 Å². The first-order chi connectivity index (χ1) is 9.79. The third-order valence-electron chi connectivity index (χ3n) is 4.59. The Kier molecular flexibility index (Phi) is 3.67. The summed E-state index contributed by atoms with van der Waals surface area (Å²) in [5.41, 5.74) is -3.36. The van der Waals surface area contributed by atoms with Crippen molar-refractivity contribution >= 4 is 21.4 Å². The number of alkyl halides is 3. The molecule has 4 nitrogen and oxygen atoms in total. The number of nitrogens with zero attached hydrogens (tertiary/aromatic N) is 1. The molecule has 1 atom stereocenters. The van der Waals surface area contributed by atoms with Crippen LogP contribution in [0.2, 0.25) is 0 Å². The molecule has 8 heteroatoms. The number of aryl methyl sites for hydroxylation is 1. The Morgan fingerprint density at radius 2 is 1.82 bits per heavy atom. The van der Waals surface area contributed by atoms with Crippen molar-refractivity contribution in [1.82, 2.24) is 0 Å². The lowest BCUT2D eigenvalue weighted by atomic mass is 9.81. The molecular formula is C14H19F3N2O2S. The molecule has 1 aliphatic heterocycles. The zero-order chi connectivity index (χ0) is 17.1. The summed E-state index contributed by atoms with van der Waals surface area (Å²) < 4.78 is 61.8. The van der Waals surface area contributed by atoms with E-state index in [4.69, 9.17) is 0 Å². The summed E-state index contributed by atoms with van der Waals surface area (Å²) >= 11 is 0. The van der Waals surface area contributed by atoms with E-state index in [1.807, 2.05) is 18.9 Å². The van der Waals surface area contributed by atoms with Crippen LogP contribution < -0.4 is 9.62 Å². The van der Waals surface area contributed by atoms with E-state index < -0.39 is 15.5 Å². The van der Waals surface area contributed by atoms with Gasteiger partial charge in [-0.15, -0.1) is 0 Å². The maximum absolute atomic E-state index is 12.5. The van der Waals surface area contributed by atoms with Crippen LogP contribution in [0, 0.1) is 6.92 Å². The molecule has 0 saturated carbocycles. The highest BCUT2D eigenvalue weighted by atomic mass is 32.2. The topological polar surface area (TPSA) is 49.4 Å². The summed E-state index contributed by atoms with van der Waals surface area (Å²) in [5, 5.41) is 0. The molecule has 0 amide bonds. The molecule has 1 N–H and O–H groups in total. The van der Waals surface area contributed by atoms with E-state index in [0.717, 1.165) is 11.3 Å². The molecule has 1 unspecified atom stereocenters. The molecule has 124 valence electrons. The minimum atomic E-state index is -5.42. The Labute approximate surface area is 128 Å². The third-order valence-corrected chi connectivity index (χ3v) is 5.69. The van der Waals surface area contributed by atoms with Crippen molar-refractivity contribution in [1.29, 1.82) is 0 Å². The molecule has 0 fully saturated rings. The molecule has 1 aliphatic rings. The second-order valence-corrected chi connectivity index (χ2v) is 7.92. The van der Waals surface area contributed by atoms with Gasteiger partial charge in [0.2, 0.25) is 0 Å². The van der Waals surface area contributed by atoms with Gasteiger partial charge in [0.05, 0.1) is 5.69 Å². The Balaban J connectivity index is 2.52. The van der Waals surface area contributed by atoms with Gasteiger partial charge in [-0.05, 0) is 31.0 Å². The van der Waals surface area contributed by atoms with E-state index in [-0.39, 0.29) is 17.1 Å². The van der Waals surface area contributed by atoms with Crippen LogP contribution >= 0.6 is 0 Å². The number of halogens is 3. The van der Waals surface area contributed by atoms with Gasteiger partial charge in [-0.1, -0.05) is 19.9 Å². The van der Waals surface area contributed by atoms with Gasteiger partial charge in [-0.3, -0.25) is 4.72 Å². The number of benzene rings is 1. The standard InChI is InChI=1S/C14H19F3N2O2S/c1-8-6-10-12(19(5)9(2)13(10,3)4)7-11(8)18-22(20,21)14(15,16)17/h6-7,9,18H,1-5H3. The molecule has 0 spiro atoms. The second-order valence-electron chi connectivity index (χ2n) is 6.24. The van der Waals surface area contributed by atoms with Crippen LogP contribution in [-0.2, 0) is 15.4 Å². The molecule has 2 rings (SSSR count). The Morgan fingerprint density at radius 3 is 2.32 bits per heavy atom.